The molecule has 0 amide bonds. The van der Waals surface area contributed by atoms with Gasteiger partial charge in [0.25, 0.3) is 0 Å². The summed E-state index contributed by atoms with van der Waals surface area (Å²) in [6.07, 6.45) is 2.97. The van der Waals surface area contributed by atoms with Crippen LogP contribution >= 0.6 is 0 Å². The minimum Gasteiger partial charge on any atom is -0.480 e. The van der Waals surface area contributed by atoms with E-state index in [1.807, 2.05) is 0 Å². The summed E-state index contributed by atoms with van der Waals surface area (Å²) in [7, 11) is -3.42. The lowest BCUT2D eigenvalue weighted by Gasteiger charge is -2.30. The van der Waals surface area contributed by atoms with E-state index in [1.54, 1.807) is 13.8 Å². The molecule has 1 aliphatic carbocycles. The van der Waals surface area contributed by atoms with Gasteiger partial charge in [0, 0.05) is 6.04 Å². The molecule has 0 spiro atoms. The molecule has 0 radical (unpaired) electrons. The fourth-order valence-electron chi connectivity index (χ4n) is 1.79. The average molecular weight is 249 g/mol. The van der Waals surface area contributed by atoms with Crippen molar-refractivity contribution in [1.82, 2.24) is 4.31 Å². The molecule has 0 unspecified atom stereocenters. The smallest absolute Gasteiger partial charge is 0.318 e. The first-order valence-electron chi connectivity index (χ1n) is 5.54. The van der Waals surface area contributed by atoms with Gasteiger partial charge >= 0.3 is 5.97 Å². The summed E-state index contributed by atoms with van der Waals surface area (Å²) in [6.45, 7) is 2.95. The van der Waals surface area contributed by atoms with Crippen LogP contribution in [0.2, 0.25) is 0 Å². The van der Waals surface area contributed by atoms with Gasteiger partial charge in [-0.1, -0.05) is 6.42 Å². The molecule has 6 heteroatoms. The van der Waals surface area contributed by atoms with Crippen LogP contribution in [0.1, 0.15) is 33.1 Å². The largest absolute Gasteiger partial charge is 0.480 e. The molecule has 0 bridgehead atoms. The standard InChI is InChI=1S/C10H19NO4S/c1-8(2)11(6-10(12)13)16(14,15)7-9-4-3-5-9/h8-9H,3-7H2,1-2H3,(H,12,13). The second-order valence-corrected chi connectivity index (χ2v) is 6.57. The Hall–Kier alpha value is -0.620. The Morgan fingerprint density at radius 1 is 1.44 bits per heavy atom. The van der Waals surface area contributed by atoms with Crippen LogP contribution in [0.3, 0.4) is 0 Å². The van der Waals surface area contributed by atoms with Gasteiger partial charge in [-0.15, -0.1) is 0 Å². The topological polar surface area (TPSA) is 74.7 Å². The zero-order valence-corrected chi connectivity index (χ0v) is 10.5. The molecule has 0 aliphatic heterocycles. The molecule has 0 heterocycles. The molecule has 0 aromatic carbocycles. The van der Waals surface area contributed by atoms with Crippen molar-refractivity contribution in [2.75, 3.05) is 12.3 Å². The molecule has 1 aliphatic rings. The molecule has 1 N–H and O–H groups in total. The average Bonchev–Trinajstić information content (AvgIpc) is 2.07. The zero-order chi connectivity index (χ0) is 12.3. The highest BCUT2D eigenvalue weighted by molar-refractivity contribution is 7.89. The monoisotopic (exact) mass is 249 g/mol. The molecule has 94 valence electrons. The SMILES string of the molecule is CC(C)N(CC(=O)O)S(=O)(=O)CC1CCC1. The van der Waals surface area contributed by atoms with Crippen LogP contribution in [-0.4, -0.2) is 42.1 Å². The summed E-state index contributed by atoms with van der Waals surface area (Å²) in [4.78, 5) is 10.6. The number of hydrogen-bond donors (Lipinski definition) is 1. The molecule has 5 nitrogen and oxygen atoms in total. The lowest BCUT2D eigenvalue weighted by molar-refractivity contribution is -0.137. The molecule has 0 atom stereocenters. The number of hydrogen-bond acceptors (Lipinski definition) is 3. The molecule has 1 fully saturated rings. The Morgan fingerprint density at radius 2 is 2.00 bits per heavy atom. The maximum Gasteiger partial charge on any atom is 0.318 e. The Labute approximate surface area is 96.5 Å². The number of rotatable bonds is 6. The summed E-state index contributed by atoms with van der Waals surface area (Å²) in [5.74, 6) is -0.788. The van der Waals surface area contributed by atoms with E-state index >= 15 is 0 Å². The van der Waals surface area contributed by atoms with E-state index in [-0.39, 0.29) is 17.7 Å². The summed E-state index contributed by atoms with van der Waals surface area (Å²) in [6, 6.07) is -0.304. The second-order valence-electron chi connectivity index (χ2n) is 4.61. The van der Waals surface area contributed by atoms with Gasteiger partial charge in [-0.05, 0) is 32.6 Å². The Morgan fingerprint density at radius 3 is 2.31 bits per heavy atom. The minimum atomic E-state index is -3.42. The van der Waals surface area contributed by atoms with E-state index in [2.05, 4.69) is 0 Å². The first kappa shape index (κ1) is 13.4. The molecular weight excluding hydrogens is 230 g/mol. The summed E-state index contributed by atoms with van der Waals surface area (Å²) >= 11 is 0. The van der Waals surface area contributed by atoms with E-state index in [0.29, 0.717) is 0 Å². The lowest BCUT2D eigenvalue weighted by Crippen LogP contribution is -2.43. The summed E-state index contributed by atoms with van der Waals surface area (Å²) in [5.41, 5.74) is 0. The Balaban J connectivity index is 2.70. The third kappa shape index (κ3) is 3.45. The number of carboxylic acid groups (broad SMARTS) is 1. The zero-order valence-electron chi connectivity index (χ0n) is 9.72. The number of aliphatic carboxylic acids is 1. The van der Waals surface area contributed by atoms with Crippen molar-refractivity contribution in [3.05, 3.63) is 0 Å². The predicted molar refractivity (Wildman–Crippen MR) is 60.6 cm³/mol. The fourth-order valence-corrected chi connectivity index (χ4v) is 3.86. The number of sulfonamides is 1. The molecular formula is C10H19NO4S. The van der Waals surface area contributed by atoms with Gasteiger partial charge in [-0.2, -0.15) is 4.31 Å². The van der Waals surface area contributed by atoms with Gasteiger partial charge in [0.15, 0.2) is 0 Å². The van der Waals surface area contributed by atoms with Crippen molar-refractivity contribution in [1.29, 1.82) is 0 Å². The molecule has 0 aromatic rings. The van der Waals surface area contributed by atoms with Gasteiger partial charge in [0.1, 0.15) is 6.54 Å². The van der Waals surface area contributed by atoms with E-state index in [0.717, 1.165) is 23.6 Å². The van der Waals surface area contributed by atoms with Crippen LogP contribution in [0.15, 0.2) is 0 Å². The van der Waals surface area contributed by atoms with Crippen LogP contribution in [0.4, 0.5) is 0 Å². The predicted octanol–water partition coefficient (Wildman–Crippen LogP) is 0.911. The van der Waals surface area contributed by atoms with Crippen LogP contribution in [0, 0.1) is 5.92 Å². The summed E-state index contributed by atoms with van der Waals surface area (Å²) in [5, 5.41) is 8.70. The fraction of sp³-hybridized carbons (Fsp3) is 0.900. The first-order valence-corrected chi connectivity index (χ1v) is 7.15. The molecule has 1 saturated carbocycles. The van der Waals surface area contributed by atoms with Gasteiger partial charge < -0.3 is 5.11 Å². The maximum absolute atomic E-state index is 12.0. The minimum absolute atomic E-state index is 0.0957. The van der Waals surface area contributed by atoms with Crippen molar-refractivity contribution >= 4 is 16.0 Å². The van der Waals surface area contributed by atoms with Crippen molar-refractivity contribution in [2.45, 2.75) is 39.2 Å². The van der Waals surface area contributed by atoms with Crippen LogP contribution in [0.5, 0.6) is 0 Å². The Bertz CT molecular complexity index is 346. The third-order valence-electron chi connectivity index (χ3n) is 2.90. The van der Waals surface area contributed by atoms with E-state index in [1.165, 1.54) is 0 Å². The maximum atomic E-state index is 12.0. The third-order valence-corrected chi connectivity index (χ3v) is 5.05. The molecule has 1 rings (SSSR count). The van der Waals surface area contributed by atoms with Crippen LogP contribution < -0.4 is 0 Å². The highest BCUT2D eigenvalue weighted by Gasteiger charge is 2.31. The van der Waals surface area contributed by atoms with Crippen molar-refractivity contribution in [2.24, 2.45) is 5.92 Å². The molecule has 16 heavy (non-hydrogen) atoms. The number of carboxylic acids is 1. The van der Waals surface area contributed by atoms with Gasteiger partial charge in [-0.25, -0.2) is 8.42 Å². The van der Waals surface area contributed by atoms with Crippen molar-refractivity contribution in [3.63, 3.8) is 0 Å². The second kappa shape index (κ2) is 5.14. The Kier molecular flexibility index (Phi) is 4.32. The highest BCUT2D eigenvalue weighted by Crippen LogP contribution is 2.28. The van der Waals surface area contributed by atoms with E-state index in [9.17, 15) is 13.2 Å². The molecule has 0 aromatic heterocycles. The normalized spacial score (nSPS) is 17.8. The van der Waals surface area contributed by atoms with Gasteiger partial charge in [0.05, 0.1) is 5.75 Å². The van der Waals surface area contributed by atoms with Crippen molar-refractivity contribution in [3.8, 4) is 0 Å². The number of carbonyl (C=O) groups is 1. The van der Waals surface area contributed by atoms with E-state index < -0.39 is 22.5 Å². The van der Waals surface area contributed by atoms with Gasteiger partial charge in [-0.3, -0.25) is 4.79 Å². The van der Waals surface area contributed by atoms with Crippen LogP contribution in [-0.2, 0) is 14.8 Å². The summed E-state index contributed by atoms with van der Waals surface area (Å²) < 4.78 is 25.0. The van der Waals surface area contributed by atoms with Crippen LogP contribution in [0.25, 0.3) is 0 Å². The molecule has 0 saturated heterocycles. The lowest BCUT2D eigenvalue weighted by atomic mass is 9.87. The number of nitrogens with zero attached hydrogens (tertiary/aromatic N) is 1. The highest BCUT2D eigenvalue weighted by atomic mass is 32.2. The van der Waals surface area contributed by atoms with E-state index in [4.69, 9.17) is 5.11 Å². The van der Waals surface area contributed by atoms with Crippen molar-refractivity contribution < 1.29 is 18.3 Å². The van der Waals surface area contributed by atoms with Gasteiger partial charge in [0.2, 0.25) is 10.0 Å². The quantitative estimate of drug-likeness (QED) is 0.759. The first-order chi connectivity index (χ1) is 7.33.